The zero-order valence-corrected chi connectivity index (χ0v) is 12.9. The second kappa shape index (κ2) is 8.14. The number of hydrogen-bond donors (Lipinski definition) is 2. The number of halogens is 1. The van der Waals surface area contributed by atoms with Crippen LogP contribution in [0.3, 0.4) is 0 Å². The van der Waals surface area contributed by atoms with Gasteiger partial charge in [-0.05, 0) is 38.0 Å². The molecule has 2 N–H and O–H groups in total. The quantitative estimate of drug-likeness (QED) is 0.646. The summed E-state index contributed by atoms with van der Waals surface area (Å²) in [5, 5.41) is 6.64. The number of rotatable bonds is 5. The van der Waals surface area contributed by atoms with Crippen LogP contribution in [0.5, 0.6) is 0 Å². The van der Waals surface area contributed by atoms with E-state index in [1.165, 1.54) is 5.56 Å². The summed E-state index contributed by atoms with van der Waals surface area (Å²) < 4.78 is 1.09. The summed E-state index contributed by atoms with van der Waals surface area (Å²) in [6.07, 6.45) is 1.08. The van der Waals surface area contributed by atoms with Crippen LogP contribution in [0, 0.1) is 0 Å². The summed E-state index contributed by atoms with van der Waals surface area (Å²) in [4.78, 5) is 4.59. The van der Waals surface area contributed by atoms with Crippen LogP contribution in [0.25, 0.3) is 0 Å². The SMILES string of the molecule is CCNC(=NCc1cccc(Br)c1)NC(C)CC. The molecular formula is C14H22BrN3. The highest BCUT2D eigenvalue weighted by atomic mass is 79.9. The zero-order chi connectivity index (χ0) is 13.4. The molecule has 1 unspecified atom stereocenters. The van der Waals surface area contributed by atoms with Gasteiger partial charge in [0.25, 0.3) is 0 Å². The van der Waals surface area contributed by atoms with Gasteiger partial charge in [0, 0.05) is 17.1 Å². The Morgan fingerprint density at radius 3 is 2.78 bits per heavy atom. The number of aliphatic imine (C=N–C) groups is 1. The van der Waals surface area contributed by atoms with Crippen LogP contribution < -0.4 is 10.6 Å². The summed E-state index contributed by atoms with van der Waals surface area (Å²) in [6, 6.07) is 8.67. The van der Waals surface area contributed by atoms with Crippen molar-refractivity contribution in [2.24, 2.45) is 4.99 Å². The van der Waals surface area contributed by atoms with E-state index in [-0.39, 0.29) is 0 Å². The van der Waals surface area contributed by atoms with Crippen molar-refractivity contribution in [1.29, 1.82) is 0 Å². The Morgan fingerprint density at radius 1 is 1.39 bits per heavy atom. The van der Waals surface area contributed by atoms with E-state index in [9.17, 15) is 0 Å². The van der Waals surface area contributed by atoms with Crippen molar-refractivity contribution in [3.8, 4) is 0 Å². The first-order valence-electron chi connectivity index (χ1n) is 6.45. The lowest BCUT2D eigenvalue weighted by molar-refractivity contribution is 0.624. The van der Waals surface area contributed by atoms with Crippen LogP contribution in [0.4, 0.5) is 0 Å². The lowest BCUT2D eigenvalue weighted by atomic mass is 10.2. The van der Waals surface area contributed by atoms with E-state index in [1.807, 2.05) is 12.1 Å². The average molecular weight is 312 g/mol. The average Bonchev–Trinajstić information content (AvgIpc) is 2.36. The van der Waals surface area contributed by atoms with Crippen molar-refractivity contribution in [3.05, 3.63) is 34.3 Å². The molecule has 4 heteroatoms. The van der Waals surface area contributed by atoms with Gasteiger partial charge in [0.15, 0.2) is 5.96 Å². The highest BCUT2D eigenvalue weighted by Crippen LogP contribution is 2.12. The Hall–Kier alpha value is -1.03. The Bertz CT molecular complexity index is 390. The molecule has 1 atom stereocenters. The monoisotopic (exact) mass is 311 g/mol. The van der Waals surface area contributed by atoms with Crippen molar-refractivity contribution < 1.29 is 0 Å². The van der Waals surface area contributed by atoms with E-state index >= 15 is 0 Å². The highest BCUT2D eigenvalue weighted by Gasteiger charge is 2.02. The van der Waals surface area contributed by atoms with Crippen molar-refractivity contribution in [2.75, 3.05) is 6.54 Å². The highest BCUT2D eigenvalue weighted by molar-refractivity contribution is 9.10. The molecule has 0 aromatic heterocycles. The van der Waals surface area contributed by atoms with Gasteiger partial charge in [-0.1, -0.05) is 35.0 Å². The molecule has 0 saturated heterocycles. The molecule has 0 amide bonds. The molecule has 0 fully saturated rings. The molecule has 0 aliphatic carbocycles. The molecule has 0 bridgehead atoms. The predicted octanol–water partition coefficient (Wildman–Crippen LogP) is 3.30. The first-order chi connectivity index (χ1) is 8.65. The van der Waals surface area contributed by atoms with Gasteiger partial charge < -0.3 is 10.6 Å². The minimum Gasteiger partial charge on any atom is -0.357 e. The van der Waals surface area contributed by atoms with Crippen LogP contribution in [0.1, 0.15) is 32.8 Å². The largest absolute Gasteiger partial charge is 0.357 e. The van der Waals surface area contributed by atoms with Gasteiger partial charge in [-0.25, -0.2) is 4.99 Å². The number of nitrogens with one attached hydrogen (secondary N) is 2. The van der Waals surface area contributed by atoms with Crippen LogP contribution >= 0.6 is 15.9 Å². The molecule has 3 nitrogen and oxygen atoms in total. The predicted molar refractivity (Wildman–Crippen MR) is 81.8 cm³/mol. The molecule has 1 aromatic rings. The number of hydrogen-bond acceptors (Lipinski definition) is 1. The van der Waals surface area contributed by atoms with E-state index in [2.05, 4.69) is 64.5 Å². The normalized spacial score (nSPS) is 13.2. The molecule has 0 saturated carbocycles. The summed E-state index contributed by atoms with van der Waals surface area (Å²) in [7, 11) is 0. The fraction of sp³-hybridized carbons (Fsp3) is 0.500. The molecular weight excluding hydrogens is 290 g/mol. The Morgan fingerprint density at radius 2 is 2.17 bits per heavy atom. The van der Waals surface area contributed by atoms with Gasteiger partial charge in [0.05, 0.1) is 6.54 Å². The van der Waals surface area contributed by atoms with Crippen molar-refractivity contribution in [3.63, 3.8) is 0 Å². The lowest BCUT2D eigenvalue weighted by Crippen LogP contribution is -2.41. The maximum absolute atomic E-state index is 4.59. The van der Waals surface area contributed by atoms with Gasteiger partial charge in [-0.3, -0.25) is 0 Å². The Balaban J connectivity index is 2.64. The second-order valence-electron chi connectivity index (χ2n) is 4.28. The maximum Gasteiger partial charge on any atom is 0.191 e. The molecule has 0 spiro atoms. The molecule has 1 aromatic carbocycles. The van der Waals surface area contributed by atoms with Gasteiger partial charge in [-0.2, -0.15) is 0 Å². The van der Waals surface area contributed by atoms with Gasteiger partial charge >= 0.3 is 0 Å². The number of guanidine groups is 1. The fourth-order valence-electron chi connectivity index (χ4n) is 1.46. The van der Waals surface area contributed by atoms with E-state index in [0.717, 1.165) is 23.4 Å². The molecule has 18 heavy (non-hydrogen) atoms. The van der Waals surface area contributed by atoms with E-state index < -0.39 is 0 Å². The third-order valence-corrected chi connectivity index (χ3v) is 3.14. The summed E-state index contributed by atoms with van der Waals surface area (Å²) in [6.45, 7) is 7.96. The summed E-state index contributed by atoms with van der Waals surface area (Å²) in [5.74, 6) is 0.881. The zero-order valence-electron chi connectivity index (χ0n) is 11.3. The van der Waals surface area contributed by atoms with Gasteiger partial charge in [0.2, 0.25) is 0 Å². The number of benzene rings is 1. The Kier molecular flexibility index (Phi) is 6.80. The van der Waals surface area contributed by atoms with Crippen LogP contribution in [0.2, 0.25) is 0 Å². The first kappa shape index (κ1) is 15.0. The first-order valence-corrected chi connectivity index (χ1v) is 7.24. The van der Waals surface area contributed by atoms with E-state index in [1.54, 1.807) is 0 Å². The molecule has 1 rings (SSSR count). The molecule has 100 valence electrons. The molecule has 0 aliphatic rings. The third-order valence-electron chi connectivity index (χ3n) is 2.65. The van der Waals surface area contributed by atoms with Crippen molar-refractivity contribution in [2.45, 2.75) is 39.8 Å². The van der Waals surface area contributed by atoms with Crippen LogP contribution in [0.15, 0.2) is 33.7 Å². The van der Waals surface area contributed by atoms with Gasteiger partial charge in [0.1, 0.15) is 0 Å². The second-order valence-corrected chi connectivity index (χ2v) is 5.19. The molecule has 0 aliphatic heterocycles. The van der Waals surface area contributed by atoms with Crippen LogP contribution in [-0.4, -0.2) is 18.5 Å². The Labute approximate surface area is 118 Å². The smallest absolute Gasteiger partial charge is 0.191 e. The van der Waals surface area contributed by atoms with Crippen molar-refractivity contribution in [1.82, 2.24) is 10.6 Å². The van der Waals surface area contributed by atoms with E-state index in [0.29, 0.717) is 12.6 Å². The minimum atomic E-state index is 0.435. The summed E-state index contributed by atoms with van der Waals surface area (Å²) in [5.41, 5.74) is 1.20. The van der Waals surface area contributed by atoms with E-state index in [4.69, 9.17) is 0 Å². The standard InChI is InChI=1S/C14H22BrN3/c1-4-11(3)18-14(16-5-2)17-10-12-7-6-8-13(15)9-12/h6-9,11H,4-5,10H2,1-3H3,(H2,16,17,18). The summed E-state index contributed by atoms with van der Waals surface area (Å²) >= 11 is 3.47. The number of nitrogens with zero attached hydrogens (tertiary/aromatic N) is 1. The third kappa shape index (κ3) is 5.54. The molecule has 0 radical (unpaired) electrons. The fourth-order valence-corrected chi connectivity index (χ4v) is 1.91. The maximum atomic E-state index is 4.59. The minimum absolute atomic E-state index is 0.435. The molecule has 0 heterocycles. The van der Waals surface area contributed by atoms with Gasteiger partial charge in [-0.15, -0.1) is 0 Å². The topological polar surface area (TPSA) is 36.4 Å². The van der Waals surface area contributed by atoms with Crippen molar-refractivity contribution >= 4 is 21.9 Å². The van der Waals surface area contributed by atoms with Crippen LogP contribution in [-0.2, 0) is 6.54 Å². The lowest BCUT2D eigenvalue weighted by Gasteiger charge is -2.16.